The minimum absolute atomic E-state index is 0.417. The first-order chi connectivity index (χ1) is 11.4. The second-order valence-corrected chi connectivity index (χ2v) is 8.07. The molecular formula is C20H25O2S+. The predicted molar refractivity (Wildman–Crippen MR) is 99.2 cm³/mol. The fourth-order valence-corrected chi connectivity index (χ4v) is 5.41. The van der Waals surface area contributed by atoms with Crippen LogP contribution in [0.1, 0.15) is 32.6 Å². The van der Waals surface area contributed by atoms with Crippen molar-refractivity contribution < 1.29 is 9.47 Å². The molecule has 1 fully saturated rings. The van der Waals surface area contributed by atoms with Crippen LogP contribution in [0.4, 0.5) is 0 Å². The molecule has 1 saturated heterocycles. The Morgan fingerprint density at radius 1 is 1.00 bits per heavy atom. The zero-order valence-electron chi connectivity index (χ0n) is 13.8. The average Bonchev–Trinajstić information content (AvgIpc) is 3.12. The van der Waals surface area contributed by atoms with E-state index in [2.05, 4.69) is 43.3 Å². The summed E-state index contributed by atoms with van der Waals surface area (Å²) < 4.78 is 11.2. The van der Waals surface area contributed by atoms with E-state index in [1.165, 1.54) is 40.0 Å². The van der Waals surface area contributed by atoms with E-state index in [0.717, 1.165) is 25.2 Å². The first kappa shape index (κ1) is 16.3. The standard InChI is InChI=1S/C20H25O2S/c1-2-3-12-21-13-14-22-19-10-11-20(23-15-6-7-16-23)18-9-5-4-8-17(18)19/h4-5,8-11,13-14H,2-3,6-7,12,15-16H2,1H3/q+1. The molecule has 0 aromatic heterocycles. The van der Waals surface area contributed by atoms with Crippen LogP contribution < -0.4 is 4.74 Å². The monoisotopic (exact) mass is 329 g/mol. The normalized spacial score (nSPS) is 15.5. The minimum Gasteiger partial charge on any atom is -0.498 e. The highest BCUT2D eigenvalue weighted by Gasteiger charge is 2.29. The van der Waals surface area contributed by atoms with Gasteiger partial charge in [-0.05, 0) is 37.5 Å². The molecule has 1 heterocycles. The van der Waals surface area contributed by atoms with Crippen molar-refractivity contribution in [1.29, 1.82) is 0 Å². The topological polar surface area (TPSA) is 18.5 Å². The molecule has 0 amide bonds. The van der Waals surface area contributed by atoms with Crippen molar-refractivity contribution in [3.05, 3.63) is 48.9 Å². The summed E-state index contributed by atoms with van der Waals surface area (Å²) in [5.74, 6) is 3.59. The van der Waals surface area contributed by atoms with Crippen molar-refractivity contribution in [3.8, 4) is 5.75 Å². The number of hydrogen-bond acceptors (Lipinski definition) is 2. The van der Waals surface area contributed by atoms with Gasteiger partial charge in [-0.2, -0.15) is 0 Å². The second kappa shape index (κ2) is 8.30. The molecule has 2 aromatic rings. The largest absolute Gasteiger partial charge is 0.498 e. The van der Waals surface area contributed by atoms with Gasteiger partial charge in [0.1, 0.15) is 29.8 Å². The van der Waals surface area contributed by atoms with Crippen LogP contribution in [-0.2, 0) is 15.6 Å². The van der Waals surface area contributed by atoms with E-state index < -0.39 is 0 Å². The van der Waals surface area contributed by atoms with Crippen molar-refractivity contribution >= 4 is 21.7 Å². The molecule has 0 spiro atoms. The Bertz CT molecular complexity index is 660. The van der Waals surface area contributed by atoms with E-state index in [1.807, 2.05) is 0 Å². The lowest BCUT2D eigenvalue weighted by Crippen LogP contribution is -2.04. The highest BCUT2D eigenvalue weighted by atomic mass is 32.2. The van der Waals surface area contributed by atoms with Crippen LogP contribution in [0.25, 0.3) is 10.8 Å². The Morgan fingerprint density at radius 2 is 1.78 bits per heavy atom. The second-order valence-electron chi connectivity index (χ2n) is 5.83. The van der Waals surface area contributed by atoms with E-state index in [0.29, 0.717) is 10.9 Å². The molecular weight excluding hydrogens is 304 g/mol. The molecule has 0 aliphatic carbocycles. The summed E-state index contributed by atoms with van der Waals surface area (Å²) in [6.45, 7) is 2.90. The number of rotatable bonds is 7. The quantitative estimate of drug-likeness (QED) is 0.391. The molecule has 2 nitrogen and oxygen atoms in total. The molecule has 23 heavy (non-hydrogen) atoms. The van der Waals surface area contributed by atoms with Crippen molar-refractivity contribution in [2.75, 3.05) is 18.1 Å². The smallest absolute Gasteiger partial charge is 0.162 e. The Labute approximate surface area is 141 Å². The van der Waals surface area contributed by atoms with Crippen LogP contribution in [0.15, 0.2) is 53.8 Å². The molecule has 2 aromatic carbocycles. The van der Waals surface area contributed by atoms with Crippen LogP contribution in [0.2, 0.25) is 0 Å². The summed E-state index contributed by atoms with van der Waals surface area (Å²) in [6.07, 6.45) is 8.25. The van der Waals surface area contributed by atoms with Gasteiger partial charge in [0.2, 0.25) is 0 Å². The van der Waals surface area contributed by atoms with Gasteiger partial charge >= 0.3 is 0 Å². The Hall–Kier alpha value is -1.61. The van der Waals surface area contributed by atoms with Crippen LogP contribution in [0.3, 0.4) is 0 Å². The number of benzene rings is 2. The summed E-state index contributed by atoms with van der Waals surface area (Å²) in [6, 6.07) is 13.0. The molecule has 1 aliphatic rings. The fourth-order valence-electron chi connectivity index (χ4n) is 2.91. The highest BCUT2D eigenvalue weighted by molar-refractivity contribution is 7.97. The molecule has 0 N–H and O–H groups in total. The van der Waals surface area contributed by atoms with Crippen molar-refractivity contribution in [2.45, 2.75) is 37.5 Å². The van der Waals surface area contributed by atoms with E-state index in [-0.39, 0.29) is 0 Å². The molecule has 0 radical (unpaired) electrons. The zero-order valence-corrected chi connectivity index (χ0v) is 14.6. The molecule has 0 bridgehead atoms. The zero-order chi connectivity index (χ0) is 15.9. The van der Waals surface area contributed by atoms with Crippen molar-refractivity contribution in [2.24, 2.45) is 0 Å². The summed E-state index contributed by atoms with van der Waals surface area (Å²) in [5.41, 5.74) is 0. The lowest BCUT2D eigenvalue weighted by molar-refractivity contribution is 0.235. The van der Waals surface area contributed by atoms with Crippen molar-refractivity contribution in [1.82, 2.24) is 0 Å². The van der Waals surface area contributed by atoms with Crippen molar-refractivity contribution in [3.63, 3.8) is 0 Å². The van der Waals surface area contributed by atoms with E-state index in [4.69, 9.17) is 9.47 Å². The number of ether oxygens (including phenoxy) is 2. The van der Waals surface area contributed by atoms with Gasteiger partial charge < -0.3 is 9.47 Å². The first-order valence-electron chi connectivity index (χ1n) is 8.52. The van der Waals surface area contributed by atoms with Gasteiger partial charge in [-0.1, -0.05) is 31.5 Å². The third kappa shape index (κ3) is 4.03. The summed E-state index contributed by atoms with van der Waals surface area (Å²) >= 11 is 0. The number of fused-ring (bicyclic) bond motifs is 1. The summed E-state index contributed by atoms with van der Waals surface area (Å²) in [4.78, 5) is 1.51. The van der Waals surface area contributed by atoms with Gasteiger partial charge in [0, 0.05) is 21.7 Å². The molecule has 0 unspecified atom stereocenters. The number of hydrogen-bond donors (Lipinski definition) is 0. The maximum Gasteiger partial charge on any atom is 0.162 e. The third-order valence-electron chi connectivity index (χ3n) is 4.15. The van der Waals surface area contributed by atoms with Gasteiger partial charge in [-0.3, -0.25) is 0 Å². The van der Waals surface area contributed by atoms with E-state index in [9.17, 15) is 0 Å². The van der Waals surface area contributed by atoms with Gasteiger partial charge in [0.15, 0.2) is 4.90 Å². The summed E-state index contributed by atoms with van der Waals surface area (Å²) in [7, 11) is 0.417. The number of unbranched alkanes of at least 4 members (excludes halogenated alkanes) is 1. The maximum absolute atomic E-state index is 5.81. The molecule has 0 atom stereocenters. The molecule has 0 saturated carbocycles. The fraction of sp³-hybridized carbons (Fsp3) is 0.400. The van der Waals surface area contributed by atoms with Crippen LogP contribution in [0.5, 0.6) is 5.75 Å². The maximum atomic E-state index is 5.81. The van der Waals surface area contributed by atoms with Gasteiger partial charge in [-0.25, -0.2) is 0 Å². The SMILES string of the molecule is CCCCOC=COc1ccc([S+]2CCCC2)c2ccccc12. The minimum atomic E-state index is 0.417. The summed E-state index contributed by atoms with van der Waals surface area (Å²) in [5, 5.41) is 2.54. The molecule has 1 aliphatic heterocycles. The van der Waals surface area contributed by atoms with Crippen LogP contribution in [0, 0.1) is 0 Å². The van der Waals surface area contributed by atoms with E-state index in [1.54, 1.807) is 12.5 Å². The lowest BCUT2D eigenvalue weighted by Gasteiger charge is -2.09. The average molecular weight is 329 g/mol. The third-order valence-corrected chi connectivity index (χ3v) is 6.69. The Balaban J connectivity index is 1.78. The molecule has 122 valence electrons. The predicted octanol–water partition coefficient (Wildman–Crippen LogP) is 5.28. The van der Waals surface area contributed by atoms with Gasteiger partial charge in [0.05, 0.1) is 6.61 Å². The lowest BCUT2D eigenvalue weighted by atomic mass is 10.1. The Kier molecular flexibility index (Phi) is 5.87. The van der Waals surface area contributed by atoms with Gasteiger partial charge in [-0.15, -0.1) is 0 Å². The molecule has 3 heteroatoms. The molecule has 3 rings (SSSR count). The van der Waals surface area contributed by atoms with Crippen LogP contribution in [-0.4, -0.2) is 18.1 Å². The van der Waals surface area contributed by atoms with Gasteiger partial charge in [0.25, 0.3) is 0 Å². The van der Waals surface area contributed by atoms with Crippen LogP contribution >= 0.6 is 0 Å². The first-order valence-corrected chi connectivity index (χ1v) is 10.1. The Morgan fingerprint density at radius 3 is 2.57 bits per heavy atom. The van der Waals surface area contributed by atoms with E-state index >= 15 is 0 Å². The highest BCUT2D eigenvalue weighted by Crippen LogP contribution is 2.34.